The van der Waals surface area contributed by atoms with Crippen LogP contribution < -0.4 is 5.56 Å². The number of halogens is 4. The average molecular weight is 485 g/mol. The highest BCUT2D eigenvalue weighted by Crippen LogP contribution is 2.36. The minimum atomic E-state index is -4.74. The number of hydrogen-bond acceptors (Lipinski definition) is 6. The van der Waals surface area contributed by atoms with E-state index in [1.54, 1.807) is 0 Å². The molecule has 0 spiro atoms. The van der Waals surface area contributed by atoms with Crippen LogP contribution >= 0.6 is 27.3 Å². The number of aromatic nitrogens is 4. The Bertz CT molecular complexity index is 1230. The summed E-state index contributed by atoms with van der Waals surface area (Å²) in [4.78, 5) is 20.7. The Morgan fingerprint density at radius 3 is 2.41 bits per heavy atom. The van der Waals surface area contributed by atoms with Crippen molar-refractivity contribution in [3.63, 3.8) is 0 Å². The fourth-order valence-electron chi connectivity index (χ4n) is 2.62. The van der Waals surface area contributed by atoms with Crippen LogP contribution in [0.4, 0.5) is 13.2 Å². The highest BCUT2D eigenvalue weighted by atomic mass is 79.9. The van der Waals surface area contributed by atoms with Crippen molar-refractivity contribution < 1.29 is 21.6 Å². The molecule has 0 amide bonds. The lowest BCUT2D eigenvalue weighted by Crippen LogP contribution is -2.26. The molecule has 0 aliphatic rings. The lowest BCUT2D eigenvalue weighted by molar-refractivity contribution is -0.143. The summed E-state index contributed by atoms with van der Waals surface area (Å²) in [5.41, 5.74) is -2.32. The third-order valence-electron chi connectivity index (χ3n) is 4.00. The molecule has 13 heteroatoms. The fraction of sp³-hybridized carbons (Fsp3) is 0.357. The summed E-state index contributed by atoms with van der Waals surface area (Å²) < 4.78 is 66.1. The Balaban J connectivity index is 2.39. The van der Waals surface area contributed by atoms with E-state index in [0.717, 1.165) is 24.5 Å². The molecule has 0 bridgehead atoms. The van der Waals surface area contributed by atoms with Crippen LogP contribution in [0.15, 0.2) is 19.0 Å². The van der Waals surface area contributed by atoms with Crippen LogP contribution in [0.2, 0.25) is 0 Å². The molecule has 3 rings (SSSR count). The molecular formula is C14H12BrF3N4O3S2. The van der Waals surface area contributed by atoms with Gasteiger partial charge in [-0.05, 0) is 22.0 Å². The molecule has 0 radical (unpaired) electrons. The molecule has 7 nitrogen and oxygen atoms in total. The number of thiazole rings is 1. The van der Waals surface area contributed by atoms with Crippen LogP contribution in [0.1, 0.15) is 12.6 Å². The van der Waals surface area contributed by atoms with Crippen LogP contribution in [0.3, 0.4) is 0 Å². The molecular weight excluding hydrogens is 473 g/mol. The number of alkyl halides is 3. The standard InChI is InChI=1S/C14H12BrF3N4O3S2/c1-4-27(24,25)12-8(20-13(15)26-12)10-19-6-5-7(14(16,17)18)21(2)11(23)9(6)22(10)3/h5H,4H2,1-3H3. The van der Waals surface area contributed by atoms with E-state index in [9.17, 15) is 26.4 Å². The van der Waals surface area contributed by atoms with Gasteiger partial charge in [-0.25, -0.2) is 18.4 Å². The van der Waals surface area contributed by atoms with Gasteiger partial charge in [-0.15, -0.1) is 0 Å². The predicted molar refractivity (Wildman–Crippen MR) is 97.5 cm³/mol. The summed E-state index contributed by atoms with van der Waals surface area (Å²) in [6, 6.07) is 0.760. The predicted octanol–water partition coefficient (Wildman–Crippen LogP) is 2.97. The Morgan fingerprint density at radius 2 is 1.85 bits per heavy atom. The van der Waals surface area contributed by atoms with Crippen LogP contribution in [-0.2, 0) is 30.1 Å². The van der Waals surface area contributed by atoms with E-state index < -0.39 is 27.3 Å². The van der Waals surface area contributed by atoms with Crippen molar-refractivity contribution in [1.82, 2.24) is 19.1 Å². The smallest absolute Gasteiger partial charge is 0.321 e. The highest BCUT2D eigenvalue weighted by molar-refractivity contribution is 9.11. The quantitative estimate of drug-likeness (QED) is 0.570. The number of nitrogens with zero attached hydrogens (tertiary/aromatic N) is 4. The van der Waals surface area contributed by atoms with Gasteiger partial charge in [-0.1, -0.05) is 18.3 Å². The number of aryl methyl sites for hydroxylation is 1. The molecule has 146 valence electrons. The molecule has 0 N–H and O–H groups in total. The van der Waals surface area contributed by atoms with Crippen molar-refractivity contribution in [1.29, 1.82) is 0 Å². The van der Waals surface area contributed by atoms with Crippen LogP contribution in [0.25, 0.3) is 22.6 Å². The van der Waals surface area contributed by atoms with E-state index in [4.69, 9.17) is 0 Å². The molecule has 0 aliphatic carbocycles. The summed E-state index contributed by atoms with van der Waals surface area (Å²) in [6.07, 6.45) is -4.74. The van der Waals surface area contributed by atoms with Gasteiger partial charge in [0.2, 0.25) is 0 Å². The fourth-order valence-corrected chi connectivity index (χ4v) is 5.92. The molecule has 3 aromatic heterocycles. The molecule has 0 aliphatic heterocycles. The minimum absolute atomic E-state index is 0.00426. The average Bonchev–Trinajstić information content (AvgIpc) is 3.10. The first-order chi connectivity index (χ1) is 12.4. The van der Waals surface area contributed by atoms with E-state index in [0.29, 0.717) is 4.57 Å². The number of sulfone groups is 1. The summed E-state index contributed by atoms with van der Waals surface area (Å²) in [5, 5.41) is 0. The number of fused-ring (bicyclic) bond motifs is 1. The molecule has 3 aromatic rings. The van der Waals surface area contributed by atoms with Crippen molar-refractivity contribution in [2.75, 3.05) is 5.75 Å². The zero-order valence-electron chi connectivity index (χ0n) is 14.1. The molecule has 0 fully saturated rings. The normalized spacial score (nSPS) is 12.9. The maximum Gasteiger partial charge on any atom is 0.431 e. The van der Waals surface area contributed by atoms with E-state index in [1.165, 1.54) is 18.5 Å². The van der Waals surface area contributed by atoms with Gasteiger partial charge >= 0.3 is 6.18 Å². The van der Waals surface area contributed by atoms with E-state index in [2.05, 4.69) is 25.9 Å². The topological polar surface area (TPSA) is 86.8 Å². The number of imidazole rings is 1. The monoisotopic (exact) mass is 484 g/mol. The second-order valence-electron chi connectivity index (χ2n) is 5.63. The van der Waals surface area contributed by atoms with Gasteiger partial charge in [0.15, 0.2) is 23.8 Å². The SMILES string of the molecule is CCS(=O)(=O)c1sc(Br)nc1-c1nc2cc(C(F)(F)F)n(C)c(=O)c2n1C. The van der Waals surface area contributed by atoms with Gasteiger partial charge in [-0.3, -0.25) is 4.79 Å². The van der Waals surface area contributed by atoms with Gasteiger partial charge < -0.3 is 9.13 Å². The van der Waals surface area contributed by atoms with Crippen molar-refractivity contribution in [2.45, 2.75) is 17.3 Å². The number of rotatable bonds is 3. The van der Waals surface area contributed by atoms with Crippen LogP contribution in [-0.4, -0.2) is 33.3 Å². The zero-order valence-corrected chi connectivity index (χ0v) is 17.3. The molecule has 0 atom stereocenters. The van der Waals surface area contributed by atoms with Gasteiger partial charge in [-0.2, -0.15) is 13.2 Å². The summed E-state index contributed by atoms with van der Waals surface area (Å²) >= 11 is 4.00. The molecule has 27 heavy (non-hydrogen) atoms. The largest absolute Gasteiger partial charge is 0.431 e. The van der Waals surface area contributed by atoms with E-state index in [1.807, 2.05) is 0 Å². The molecule has 3 heterocycles. The third-order valence-corrected chi connectivity index (χ3v) is 7.83. The second kappa shape index (κ2) is 6.41. The Morgan fingerprint density at radius 1 is 1.22 bits per heavy atom. The second-order valence-corrected chi connectivity index (χ2v) is 10.4. The van der Waals surface area contributed by atoms with Gasteiger partial charge in [0.05, 0.1) is 11.3 Å². The Kier molecular flexibility index (Phi) is 4.75. The van der Waals surface area contributed by atoms with Gasteiger partial charge in [0.25, 0.3) is 5.56 Å². The van der Waals surface area contributed by atoms with E-state index in [-0.39, 0.29) is 36.4 Å². The Hall–Kier alpha value is -1.73. The molecule has 0 unspecified atom stereocenters. The molecule has 0 saturated carbocycles. The lowest BCUT2D eigenvalue weighted by Gasteiger charge is -2.11. The Labute approximate surface area is 163 Å². The summed E-state index contributed by atoms with van der Waals surface area (Å²) in [6.45, 7) is 1.47. The van der Waals surface area contributed by atoms with E-state index >= 15 is 0 Å². The lowest BCUT2D eigenvalue weighted by atomic mass is 10.3. The third kappa shape index (κ3) is 3.21. The van der Waals surface area contributed by atoms with Crippen molar-refractivity contribution >= 4 is 48.1 Å². The number of pyridine rings is 1. The highest BCUT2D eigenvalue weighted by Gasteiger charge is 2.35. The summed E-state index contributed by atoms with van der Waals surface area (Å²) in [7, 11) is -1.21. The maximum atomic E-state index is 13.2. The minimum Gasteiger partial charge on any atom is -0.321 e. The zero-order chi connectivity index (χ0) is 20.3. The van der Waals surface area contributed by atoms with Crippen LogP contribution in [0, 0.1) is 0 Å². The van der Waals surface area contributed by atoms with Crippen molar-refractivity contribution in [3.05, 3.63) is 26.0 Å². The first kappa shape index (κ1) is 20.0. The van der Waals surface area contributed by atoms with Crippen LogP contribution in [0.5, 0.6) is 0 Å². The molecule has 0 saturated heterocycles. The number of hydrogen-bond donors (Lipinski definition) is 0. The first-order valence-corrected chi connectivity index (χ1v) is 10.7. The summed E-state index contributed by atoms with van der Waals surface area (Å²) in [5.74, 6) is -0.186. The van der Waals surface area contributed by atoms with Crippen molar-refractivity contribution in [2.24, 2.45) is 14.1 Å². The van der Waals surface area contributed by atoms with Gasteiger partial charge in [0, 0.05) is 14.1 Å². The maximum absolute atomic E-state index is 13.2. The molecule has 0 aromatic carbocycles. The first-order valence-electron chi connectivity index (χ1n) is 7.41. The van der Waals surface area contributed by atoms with Gasteiger partial charge in [0.1, 0.15) is 16.9 Å². The van der Waals surface area contributed by atoms with Crippen molar-refractivity contribution in [3.8, 4) is 11.5 Å².